The quantitative estimate of drug-likeness (QED) is 0.618. The van der Waals surface area contributed by atoms with Crippen LogP contribution in [0.15, 0.2) is 48.5 Å². The van der Waals surface area contributed by atoms with Crippen molar-refractivity contribution in [2.24, 2.45) is 0 Å². The number of piperidine rings is 1. The van der Waals surface area contributed by atoms with Crippen molar-refractivity contribution in [1.82, 2.24) is 5.32 Å². The zero-order valence-electron chi connectivity index (χ0n) is 19.1. The van der Waals surface area contributed by atoms with E-state index in [0.29, 0.717) is 18.0 Å². The van der Waals surface area contributed by atoms with Crippen LogP contribution in [0.5, 0.6) is 5.75 Å². The predicted octanol–water partition coefficient (Wildman–Crippen LogP) is 3.72. The Morgan fingerprint density at radius 3 is 2.38 bits per heavy atom. The summed E-state index contributed by atoms with van der Waals surface area (Å²) in [6, 6.07) is 14.8. The molecule has 0 aromatic heterocycles. The molecule has 2 aromatic carbocycles. The van der Waals surface area contributed by atoms with Gasteiger partial charge in [-0.05, 0) is 62.9 Å². The predicted molar refractivity (Wildman–Crippen MR) is 129 cm³/mol. The van der Waals surface area contributed by atoms with Crippen LogP contribution < -0.4 is 19.3 Å². The maximum atomic E-state index is 12.8. The Balaban J connectivity index is 1.68. The molecule has 32 heavy (non-hydrogen) atoms. The number of carbonyl (C=O) groups excluding carboxylic acids is 1. The third-order valence-corrected chi connectivity index (χ3v) is 6.74. The van der Waals surface area contributed by atoms with E-state index in [9.17, 15) is 13.2 Å². The molecule has 3 rings (SSSR count). The summed E-state index contributed by atoms with van der Waals surface area (Å²) in [5.74, 6) is 0.0453. The third kappa shape index (κ3) is 6.16. The molecule has 0 aliphatic carbocycles. The van der Waals surface area contributed by atoms with Gasteiger partial charge in [0.2, 0.25) is 15.9 Å². The first-order valence-corrected chi connectivity index (χ1v) is 13.0. The molecular weight excluding hydrogens is 426 g/mol. The number of nitrogens with one attached hydrogen (secondary N) is 1. The van der Waals surface area contributed by atoms with Gasteiger partial charge >= 0.3 is 0 Å². The van der Waals surface area contributed by atoms with E-state index in [2.05, 4.69) is 22.3 Å². The van der Waals surface area contributed by atoms with Crippen LogP contribution in [0.2, 0.25) is 0 Å². The number of carbonyl (C=O) groups is 1. The number of hydrogen-bond donors (Lipinski definition) is 1. The molecule has 0 bridgehead atoms. The molecule has 1 aliphatic heterocycles. The average molecular weight is 460 g/mol. The van der Waals surface area contributed by atoms with Crippen molar-refractivity contribution in [3.05, 3.63) is 54.1 Å². The molecule has 1 amide bonds. The van der Waals surface area contributed by atoms with Crippen LogP contribution in [0.25, 0.3) is 0 Å². The molecule has 7 nitrogen and oxygen atoms in total. The summed E-state index contributed by atoms with van der Waals surface area (Å²) >= 11 is 0. The maximum Gasteiger partial charge on any atom is 0.241 e. The number of ether oxygens (including phenoxy) is 1. The molecule has 8 heteroatoms. The van der Waals surface area contributed by atoms with Gasteiger partial charge in [-0.3, -0.25) is 9.10 Å². The normalized spacial score (nSPS) is 15.2. The molecule has 0 spiro atoms. The van der Waals surface area contributed by atoms with Crippen molar-refractivity contribution >= 4 is 27.3 Å². The Morgan fingerprint density at radius 2 is 1.75 bits per heavy atom. The molecule has 1 saturated heterocycles. The Morgan fingerprint density at radius 1 is 1.09 bits per heavy atom. The number of benzene rings is 2. The molecular formula is C24H33N3O4S. The first-order valence-electron chi connectivity index (χ1n) is 11.1. The first kappa shape index (κ1) is 23.9. The third-order valence-electron chi connectivity index (χ3n) is 5.61. The van der Waals surface area contributed by atoms with Gasteiger partial charge in [0.15, 0.2) is 0 Å². The maximum absolute atomic E-state index is 12.8. The van der Waals surface area contributed by atoms with Gasteiger partial charge in [-0.25, -0.2) is 8.42 Å². The van der Waals surface area contributed by atoms with Crippen LogP contribution in [0.1, 0.15) is 44.7 Å². The highest BCUT2D eigenvalue weighted by molar-refractivity contribution is 7.92. The topological polar surface area (TPSA) is 79.0 Å². The van der Waals surface area contributed by atoms with E-state index in [1.54, 1.807) is 24.3 Å². The number of amides is 1. The lowest BCUT2D eigenvalue weighted by atomic mass is 10.1. The number of rotatable bonds is 9. The SMILES string of the molecule is CCOc1ccccc1N(CC(=O)NC(C)c1ccc(N2CCCCC2)cc1)S(C)(=O)=O. The van der Waals surface area contributed by atoms with Gasteiger partial charge in [0.1, 0.15) is 12.3 Å². The molecule has 1 heterocycles. The van der Waals surface area contributed by atoms with Gasteiger partial charge in [-0.15, -0.1) is 0 Å². The van der Waals surface area contributed by atoms with Gasteiger partial charge in [0.05, 0.1) is 24.6 Å². The summed E-state index contributed by atoms with van der Waals surface area (Å²) in [6.45, 7) is 5.95. The van der Waals surface area contributed by atoms with E-state index in [1.807, 2.05) is 26.0 Å². The zero-order valence-corrected chi connectivity index (χ0v) is 19.9. The monoisotopic (exact) mass is 459 g/mol. The lowest BCUT2D eigenvalue weighted by Crippen LogP contribution is -2.41. The Bertz CT molecular complexity index is 1000. The van der Waals surface area contributed by atoms with Gasteiger partial charge in [-0.2, -0.15) is 0 Å². The minimum Gasteiger partial charge on any atom is -0.492 e. The van der Waals surface area contributed by atoms with E-state index in [-0.39, 0.29) is 18.5 Å². The second-order valence-corrected chi connectivity index (χ2v) is 10.0. The van der Waals surface area contributed by atoms with Crippen LogP contribution in [0.4, 0.5) is 11.4 Å². The van der Waals surface area contributed by atoms with E-state index in [0.717, 1.165) is 29.2 Å². The molecule has 1 unspecified atom stereocenters. The Labute approximate surface area is 191 Å². The highest BCUT2D eigenvalue weighted by atomic mass is 32.2. The van der Waals surface area contributed by atoms with E-state index < -0.39 is 10.0 Å². The number of hydrogen-bond acceptors (Lipinski definition) is 5. The summed E-state index contributed by atoms with van der Waals surface area (Å²) in [5.41, 5.74) is 2.52. The summed E-state index contributed by atoms with van der Waals surface area (Å²) in [5, 5.41) is 2.92. The average Bonchev–Trinajstić information content (AvgIpc) is 2.78. The molecule has 2 aromatic rings. The molecule has 1 atom stereocenters. The lowest BCUT2D eigenvalue weighted by molar-refractivity contribution is -0.120. The highest BCUT2D eigenvalue weighted by Crippen LogP contribution is 2.30. The Kier molecular flexibility index (Phi) is 8.01. The van der Waals surface area contributed by atoms with Crippen molar-refractivity contribution in [3.8, 4) is 5.75 Å². The first-order chi connectivity index (χ1) is 15.3. The van der Waals surface area contributed by atoms with Crippen molar-refractivity contribution in [1.29, 1.82) is 0 Å². The number of nitrogens with zero attached hydrogens (tertiary/aromatic N) is 2. The van der Waals surface area contributed by atoms with Crippen molar-refractivity contribution in [2.45, 2.75) is 39.2 Å². The molecule has 0 radical (unpaired) electrons. The van der Waals surface area contributed by atoms with Crippen LogP contribution in [-0.4, -0.2) is 46.8 Å². The summed E-state index contributed by atoms with van der Waals surface area (Å²) in [4.78, 5) is 15.2. The minimum atomic E-state index is -3.69. The van der Waals surface area contributed by atoms with Gasteiger partial charge in [-0.1, -0.05) is 24.3 Å². The van der Waals surface area contributed by atoms with Crippen LogP contribution >= 0.6 is 0 Å². The number of sulfonamides is 1. The fraction of sp³-hybridized carbons (Fsp3) is 0.458. The van der Waals surface area contributed by atoms with Gasteiger partial charge in [0, 0.05) is 18.8 Å². The van der Waals surface area contributed by atoms with Crippen molar-refractivity contribution in [3.63, 3.8) is 0 Å². The van der Waals surface area contributed by atoms with E-state index in [4.69, 9.17) is 4.74 Å². The van der Waals surface area contributed by atoms with Gasteiger partial charge in [0.25, 0.3) is 0 Å². The second kappa shape index (κ2) is 10.7. The number of para-hydroxylation sites is 2. The Hall–Kier alpha value is -2.74. The summed E-state index contributed by atoms with van der Waals surface area (Å²) < 4.78 is 31.6. The van der Waals surface area contributed by atoms with Crippen molar-refractivity contribution in [2.75, 3.05) is 41.7 Å². The van der Waals surface area contributed by atoms with Gasteiger partial charge < -0.3 is 15.0 Å². The molecule has 174 valence electrons. The lowest BCUT2D eigenvalue weighted by Gasteiger charge is -2.29. The van der Waals surface area contributed by atoms with E-state index >= 15 is 0 Å². The summed E-state index contributed by atoms with van der Waals surface area (Å²) in [7, 11) is -3.69. The minimum absolute atomic E-state index is 0.249. The van der Waals surface area contributed by atoms with Crippen LogP contribution in [-0.2, 0) is 14.8 Å². The zero-order chi connectivity index (χ0) is 23.1. The molecule has 1 aliphatic rings. The van der Waals surface area contributed by atoms with E-state index in [1.165, 1.54) is 24.9 Å². The molecule has 0 saturated carbocycles. The fourth-order valence-electron chi connectivity index (χ4n) is 3.95. The van der Waals surface area contributed by atoms with Crippen LogP contribution in [0.3, 0.4) is 0 Å². The standard InChI is InChI=1S/C24H33N3O4S/c1-4-31-23-11-7-6-10-22(23)27(32(3,29)30)18-24(28)25-19(2)20-12-14-21(15-13-20)26-16-8-5-9-17-26/h6-7,10-15,19H,4-5,8-9,16-18H2,1-3H3,(H,25,28). The molecule has 1 N–H and O–H groups in total. The largest absolute Gasteiger partial charge is 0.492 e. The fourth-order valence-corrected chi connectivity index (χ4v) is 4.81. The molecule has 1 fully saturated rings. The smallest absolute Gasteiger partial charge is 0.241 e. The number of anilines is 2. The van der Waals surface area contributed by atoms with Crippen LogP contribution in [0, 0.1) is 0 Å². The highest BCUT2D eigenvalue weighted by Gasteiger charge is 2.24. The second-order valence-electron chi connectivity index (χ2n) is 8.10. The van der Waals surface area contributed by atoms with Crippen molar-refractivity contribution < 1.29 is 17.9 Å². The summed E-state index contributed by atoms with van der Waals surface area (Å²) in [6.07, 6.45) is 4.82.